The molecular formula is C11H12BrClN4O2. The lowest BCUT2D eigenvalue weighted by atomic mass is 10.2. The largest absolute Gasteiger partial charge is 0.454 e. The van der Waals surface area contributed by atoms with Gasteiger partial charge in [0.2, 0.25) is 5.96 Å². The third kappa shape index (κ3) is 4.15. The zero-order valence-corrected chi connectivity index (χ0v) is 12.1. The molecule has 1 heterocycles. The highest BCUT2D eigenvalue weighted by atomic mass is 79.9. The Bertz CT molecular complexity index is 521. The molecule has 0 radical (unpaired) electrons. The van der Waals surface area contributed by atoms with E-state index in [9.17, 15) is 0 Å². The number of halogens is 2. The average Bonchev–Trinajstić information content (AvgIpc) is 2.78. The predicted molar refractivity (Wildman–Crippen MR) is 77.9 cm³/mol. The maximum atomic E-state index is 6.93. The normalized spacial score (nSPS) is 17.1. The van der Waals surface area contributed by atoms with Crippen molar-refractivity contribution in [2.75, 3.05) is 0 Å². The summed E-state index contributed by atoms with van der Waals surface area (Å²) >= 11 is 3.42. The third-order valence-electron chi connectivity index (χ3n) is 2.09. The van der Waals surface area contributed by atoms with Crippen molar-refractivity contribution in [3.8, 4) is 0 Å². The summed E-state index contributed by atoms with van der Waals surface area (Å²) in [5.41, 5.74) is 8.25. The SMILES string of the molecule is Cl.N=C(N)NN=CC1=COC(c2ccccc2Br)O1. The van der Waals surface area contributed by atoms with E-state index in [2.05, 4.69) is 26.5 Å². The Morgan fingerprint density at radius 3 is 2.89 bits per heavy atom. The number of allylic oxidation sites excluding steroid dienone is 1. The molecule has 1 unspecified atom stereocenters. The molecule has 0 spiro atoms. The van der Waals surface area contributed by atoms with Gasteiger partial charge >= 0.3 is 0 Å². The van der Waals surface area contributed by atoms with E-state index in [-0.39, 0.29) is 18.4 Å². The van der Waals surface area contributed by atoms with Crippen molar-refractivity contribution in [2.24, 2.45) is 10.8 Å². The second-order valence-corrected chi connectivity index (χ2v) is 4.27. The molecular weight excluding hydrogens is 336 g/mol. The van der Waals surface area contributed by atoms with Gasteiger partial charge < -0.3 is 15.2 Å². The van der Waals surface area contributed by atoms with Crippen LogP contribution in [0.15, 0.2) is 45.9 Å². The summed E-state index contributed by atoms with van der Waals surface area (Å²) in [4.78, 5) is 0. The first-order chi connectivity index (χ1) is 8.66. The molecule has 0 fully saturated rings. The summed E-state index contributed by atoms with van der Waals surface area (Å²) in [6.07, 6.45) is 2.34. The van der Waals surface area contributed by atoms with Gasteiger partial charge in [-0.3, -0.25) is 5.41 Å². The standard InChI is InChI=1S/C11H11BrN4O2.ClH/c12-9-4-2-1-3-8(9)10-17-6-7(18-10)5-15-16-11(13)14;/h1-6,10H,(H4,13,14,16);1H. The highest BCUT2D eigenvalue weighted by molar-refractivity contribution is 9.10. The van der Waals surface area contributed by atoms with Crippen LogP contribution in [-0.2, 0) is 9.47 Å². The van der Waals surface area contributed by atoms with E-state index in [0.717, 1.165) is 10.0 Å². The number of benzene rings is 1. The van der Waals surface area contributed by atoms with Gasteiger partial charge in [-0.2, -0.15) is 5.10 Å². The van der Waals surface area contributed by atoms with Crippen LogP contribution in [0, 0.1) is 5.41 Å². The molecule has 1 aliphatic rings. The second-order valence-electron chi connectivity index (χ2n) is 3.41. The van der Waals surface area contributed by atoms with Crippen LogP contribution in [0.2, 0.25) is 0 Å². The first-order valence-corrected chi connectivity index (χ1v) is 5.86. The fourth-order valence-corrected chi connectivity index (χ4v) is 1.81. The number of nitrogens with one attached hydrogen (secondary N) is 2. The average molecular weight is 348 g/mol. The van der Waals surface area contributed by atoms with Gasteiger partial charge in [0.1, 0.15) is 6.26 Å². The molecule has 8 heteroatoms. The quantitative estimate of drug-likeness (QED) is 0.444. The zero-order chi connectivity index (χ0) is 13.0. The minimum atomic E-state index is -0.501. The van der Waals surface area contributed by atoms with Crippen LogP contribution in [0.4, 0.5) is 0 Å². The van der Waals surface area contributed by atoms with Gasteiger partial charge in [-0.1, -0.05) is 34.1 Å². The minimum absolute atomic E-state index is 0. The highest BCUT2D eigenvalue weighted by Gasteiger charge is 2.22. The summed E-state index contributed by atoms with van der Waals surface area (Å²) in [6, 6.07) is 7.62. The number of rotatable bonds is 3. The van der Waals surface area contributed by atoms with Crippen molar-refractivity contribution in [1.82, 2.24) is 5.43 Å². The van der Waals surface area contributed by atoms with Crippen LogP contribution in [0.5, 0.6) is 0 Å². The van der Waals surface area contributed by atoms with Crippen LogP contribution < -0.4 is 11.2 Å². The van der Waals surface area contributed by atoms with Gasteiger partial charge in [-0.05, 0) is 6.07 Å². The molecule has 0 saturated heterocycles. The van der Waals surface area contributed by atoms with Gasteiger partial charge in [0.15, 0.2) is 5.76 Å². The molecule has 1 aromatic rings. The predicted octanol–water partition coefficient (Wildman–Crippen LogP) is 2.23. The summed E-state index contributed by atoms with van der Waals surface area (Å²) in [5.74, 6) is 0.206. The highest BCUT2D eigenvalue weighted by Crippen LogP contribution is 2.32. The first kappa shape index (κ1) is 15.3. The molecule has 0 aromatic heterocycles. The minimum Gasteiger partial charge on any atom is -0.454 e. The molecule has 1 aliphatic heterocycles. The molecule has 102 valence electrons. The van der Waals surface area contributed by atoms with E-state index < -0.39 is 6.29 Å². The molecule has 1 aromatic carbocycles. The van der Waals surface area contributed by atoms with Crippen LogP contribution in [0.25, 0.3) is 0 Å². The van der Waals surface area contributed by atoms with Gasteiger partial charge in [-0.25, -0.2) is 5.43 Å². The Hall–Kier alpha value is -1.73. The van der Waals surface area contributed by atoms with E-state index in [1.54, 1.807) is 0 Å². The number of guanidine groups is 1. The van der Waals surface area contributed by atoms with Crippen molar-refractivity contribution >= 4 is 40.5 Å². The smallest absolute Gasteiger partial charge is 0.268 e. The Labute approximate surface area is 124 Å². The number of hydrazone groups is 1. The Morgan fingerprint density at radius 1 is 1.47 bits per heavy atom. The number of nitrogens with zero attached hydrogens (tertiary/aromatic N) is 1. The lowest BCUT2D eigenvalue weighted by molar-refractivity contribution is -0.0293. The Balaban J connectivity index is 0.00000180. The summed E-state index contributed by atoms with van der Waals surface area (Å²) in [6.45, 7) is 0. The van der Waals surface area contributed by atoms with Gasteiger partial charge in [0.05, 0.1) is 6.21 Å². The Kier molecular flexibility index (Phi) is 5.65. The van der Waals surface area contributed by atoms with E-state index in [0.29, 0.717) is 5.76 Å². The van der Waals surface area contributed by atoms with Crippen molar-refractivity contribution in [3.63, 3.8) is 0 Å². The first-order valence-electron chi connectivity index (χ1n) is 5.06. The van der Waals surface area contributed by atoms with E-state index in [4.69, 9.17) is 20.6 Å². The molecule has 0 saturated carbocycles. The molecule has 1 atom stereocenters. The van der Waals surface area contributed by atoms with Crippen LogP contribution in [0.3, 0.4) is 0 Å². The molecule has 4 N–H and O–H groups in total. The van der Waals surface area contributed by atoms with Gasteiger partial charge in [0.25, 0.3) is 6.29 Å². The maximum Gasteiger partial charge on any atom is 0.268 e. The molecule has 19 heavy (non-hydrogen) atoms. The topological polar surface area (TPSA) is 92.7 Å². The molecule has 6 nitrogen and oxygen atoms in total. The lowest BCUT2D eigenvalue weighted by Crippen LogP contribution is -2.25. The third-order valence-corrected chi connectivity index (χ3v) is 2.81. The summed E-state index contributed by atoms with van der Waals surface area (Å²) < 4.78 is 11.8. The fraction of sp³-hybridized carbons (Fsp3) is 0.0909. The van der Waals surface area contributed by atoms with Crippen LogP contribution in [0.1, 0.15) is 11.9 Å². The van der Waals surface area contributed by atoms with Crippen molar-refractivity contribution in [3.05, 3.63) is 46.3 Å². The van der Waals surface area contributed by atoms with Crippen molar-refractivity contribution < 1.29 is 9.47 Å². The fourth-order valence-electron chi connectivity index (χ4n) is 1.34. The maximum absolute atomic E-state index is 6.93. The molecule has 0 bridgehead atoms. The number of nitrogens with two attached hydrogens (primary N) is 1. The molecule has 0 amide bonds. The van der Waals surface area contributed by atoms with Crippen molar-refractivity contribution in [2.45, 2.75) is 6.29 Å². The van der Waals surface area contributed by atoms with Crippen LogP contribution >= 0.6 is 28.3 Å². The second kappa shape index (κ2) is 7.01. The van der Waals surface area contributed by atoms with Crippen LogP contribution in [-0.4, -0.2) is 12.2 Å². The van der Waals surface area contributed by atoms with Crippen molar-refractivity contribution in [1.29, 1.82) is 5.41 Å². The monoisotopic (exact) mass is 346 g/mol. The summed E-state index contributed by atoms with van der Waals surface area (Å²) in [7, 11) is 0. The zero-order valence-electron chi connectivity index (χ0n) is 9.67. The number of ether oxygens (including phenoxy) is 2. The van der Waals surface area contributed by atoms with Gasteiger partial charge in [-0.15, -0.1) is 12.4 Å². The number of hydrogen-bond acceptors (Lipinski definition) is 4. The molecule has 0 aliphatic carbocycles. The van der Waals surface area contributed by atoms with Gasteiger partial charge in [0, 0.05) is 10.0 Å². The van der Waals surface area contributed by atoms with E-state index >= 15 is 0 Å². The van der Waals surface area contributed by atoms with E-state index in [1.807, 2.05) is 24.3 Å². The van der Waals surface area contributed by atoms with E-state index in [1.165, 1.54) is 12.5 Å². The number of hydrogen-bond donors (Lipinski definition) is 3. The Morgan fingerprint density at radius 2 is 2.21 bits per heavy atom. The summed E-state index contributed by atoms with van der Waals surface area (Å²) in [5, 5.41) is 10.6. The lowest BCUT2D eigenvalue weighted by Gasteiger charge is -2.12. The molecule has 2 rings (SSSR count).